The molecule has 0 spiro atoms. The fraction of sp³-hybridized carbons (Fsp3) is 0.357. The molecule has 1 saturated heterocycles. The SMILES string of the molecule is CC(C(=O)O)c1ccc(/C=C2\CCCS2)cc1. The molecule has 0 amide bonds. The largest absolute Gasteiger partial charge is 0.481 e. The Labute approximate surface area is 106 Å². The highest BCUT2D eigenvalue weighted by Crippen LogP contribution is 2.32. The van der Waals surface area contributed by atoms with E-state index in [2.05, 4.69) is 6.08 Å². The van der Waals surface area contributed by atoms with E-state index in [9.17, 15) is 4.79 Å². The van der Waals surface area contributed by atoms with E-state index in [1.54, 1.807) is 6.92 Å². The summed E-state index contributed by atoms with van der Waals surface area (Å²) in [5.74, 6) is 0.0139. The molecule has 1 unspecified atom stereocenters. The van der Waals surface area contributed by atoms with Gasteiger partial charge in [-0.3, -0.25) is 4.79 Å². The van der Waals surface area contributed by atoms with Crippen molar-refractivity contribution in [2.75, 3.05) is 5.75 Å². The summed E-state index contributed by atoms with van der Waals surface area (Å²) in [6.45, 7) is 1.71. The lowest BCUT2D eigenvalue weighted by Crippen LogP contribution is -2.06. The Hall–Kier alpha value is -1.22. The average molecular weight is 248 g/mol. The molecule has 0 aromatic heterocycles. The molecule has 1 fully saturated rings. The Morgan fingerprint density at radius 1 is 1.41 bits per heavy atom. The van der Waals surface area contributed by atoms with Crippen LogP contribution in [-0.2, 0) is 4.79 Å². The minimum Gasteiger partial charge on any atom is -0.481 e. The van der Waals surface area contributed by atoms with Gasteiger partial charge in [0.25, 0.3) is 0 Å². The van der Waals surface area contributed by atoms with Crippen molar-refractivity contribution in [2.45, 2.75) is 25.7 Å². The van der Waals surface area contributed by atoms with Crippen molar-refractivity contribution in [1.82, 2.24) is 0 Å². The van der Waals surface area contributed by atoms with Crippen LogP contribution >= 0.6 is 11.8 Å². The van der Waals surface area contributed by atoms with Gasteiger partial charge in [-0.05, 0) is 47.6 Å². The summed E-state index contributed by atoms with van der Waals surface area (Å²) in [6.07, 6.45) is 4.65. The number of hydrogen-bond donors (Lipinski definition) is 1. The third kappa shape index (κ3) is 3.13. The van der Waals surface area contributed by atoms with Crippen molar-refractivity contribution < 1.29 is 9.90 Å². The minimum atomic E-state index is -0.776. The number of benzene rings is 1. The van der Waals surface area contributed by atoms with E-state index in [0.29, 0.717) is 0 Å². The standard InChI is InChI=1S/C14H16O2S/c1-10(14(15)16)12-6-4-11(5-7-12)9-13-3-2-8-17-13/h4-7,9-10H,2-3,8H2,1H3,(H,15,16)/b13-9+. The van der Waals surface area contributed by atoms with E-state index in [1.165, 1.54) is 23.5 Å². The van der Waals surface area contributed by atoms with Crippen LogP contribution in [0.5, 0.6) is 0 Å². The smallest absolute Gasteiger partial charge is 0.310 e. The fourth-order valence-corrected chi connectivity index (χ4v) is 2.90. The summed E-state index contributed by atoms with van der Waals surface area (Å²) in [5.41, 5.74) is 2.02. The second kappa shape index (κ2) is 5.41. The predicted octanol–water partition coefficient (Wildman–Crippen LogP) is 3.74. The number of thioether (sulfide) groups is 1. The van der Waals surface area contributed by atoms with Crippen molar-refractivity contribution in [2.24, 2.45) is 0 Å². The fourth-order valence-electron chi connectivity index (χ4n) is 1.85. The van der Waals surface area contributed by atoms with Crippen LogP contribution < -0.4 is 0 Å². The lowest BCUT2D eigenvalue weighted by molar-refractivity contribution is -0.138. The van der Waals surface area contributed by atoms with Crippen LogP contribution in [0.3, 0.4) is 0 Å². The van der Waals surface area contributed by atoms with E-state index in [-0.39, 0.29) is 0 Å². The topological polar surface area (TPSA) is 37.3 Å². The molecule has 2 rings (SSSR count). The van der Waals surface area contributed by atoms with Gasteiger partial charge in [-0.2, -0.15) is 0 Å². The Kier molecular flexibility index (Phi) is 3.89. The van der Waals surface area contributed by atoms with Crippen molar-refractivity contribution in [3.8, 4) is 0 Å². The third-order valence-electron chi connectivity index (χ3n) is 2.99. The second-order valence-corrected chi connectivity index (χ2v) is 5.51. The van der Waals surface area contributed by atoms with Gasteiger partial charge in [0.15, 0.2) is 0 Å². The summed E-state index contributed by atoms with van der Waals surface area (Å²) in [6, 6.07) is 7.82. The molecular formula is C14H16O2S. The zero-order chi connectivity index (χ0) is 12.3. The maximum absolute atomic E-state index is 10.8. The normalized spacial score (nSPS) is 19.5. The maximum atomic E-state index is 10.8. The van der Waals surface area contributed by atoms with Gasteiger partial charge >= 0.3 is 5.97 Å². The van der Waals surface area contributed by atoms with Crippen molar-refractivity contribution in [3.63, 3.8) is 0 Å². The molecule has 0 saturated carbocycles. The summed E-state index contributed by atoms with van der Waals surface area (Å²) in [7, 11) is 0. The van der Waals surface area contributed by atoms with Crippen molar-refractivity contribution >= 4 is 23.8 Å². The van der Waals surface area contributed by atoms with Crippen LogP contribution in [0.15, 0.2) is 29.2 Å². The van der Waals surface area contributed by atoms with Crippen LogP contribution in [0, 0.1) is 0 Å². The minimum absolute atomic E-state index is 0.433. The van der Waals surface area contributed by atoms with Gasteiger partial charge in [0.2, 0.25) is 0 Å². The van der Waals surface area contributed by atoms with E-state index in [4.69, 9.17) is 5.11 Å². The zero-order valence-corrected chi connectivity index (χ0v) is 10.7. The van der Waals surface area contributed by atoms with Crippen LogP contribution in [-0.4, -0.2) is 16.8 Å². The molecule has 1 N–H and O–H groups in total. The first-order chi connectivity index (χ1) is 8.16. The number of hydrogen-bond acceptors (Lipinski definition) is 2. The van der Waals surface area contributed by atoms with Crippen LogP contribution in [0.2, 0.25) is 0 Å². The molecule has 17 heavy (non-hydrogen) atoms. The Morgan fingerprint density at radius 2 is 2.12 bits per heavy atom. The van der Waals surface area contributed by atoms with Gasteiger partial charge in [-0.15, -0.1) is 11.8 Å². The first kappa shape index (κ1) is 12.2. The number of aliphatic carboxylic acids is 1. The van der Waals surface area contributed by atoms with E-state index in [0.717, 1.165) is 11.1 Å². The zero-order valence-electron chi connectivity index (χ0n) is 9.85. The van der Waals surface area contributed by atoms with Crippen molar-refractivity contribution in [1.29, 1.82) is 0 Å². The number of carboxylic acid groups (broad SMARTS) is 1. The van der Waals surface area contributed by atoms with Crippen LogP contribution in [0.1, 0.15) is 36.8 Å². The molecule has 1 aromatic carbocycles. The molecule has 2 nitrogen and oxygen atoms in total. The van der Waals surface area contributed by atoms with Gasteiger partial charge in [0.1, 0.15) is 0 Å². The molecule has 1 heterocycles. The first-order valence-electron chi connectivity index (χ1n) is 5.83. The molecule has 3 heteroatoms. The maximum Gasteiger partial charge on any atom is 0.310 e. The Morgan fingerprint density at radius 3 is 2.65 bits per heavy atom. The Bertz CT molecular complexity index is 426. The number of allylic oxidation sites excluding steroid dienone is 1. The van der Waals surface area contributed by atoms with Crippen LogP contribution in [0.4, 0.5) is 0 Å². The van der Waals surface area contributed by atoms with Gasteiger partial charge in [-0.1, -0.05) is 24.3 Å². The third-order valence-corrected chi connectivity index (χ3v) is 4.18. The molecule has 90 valence electrons. The highest BCUT2D eigenvalue weighted by atomic mass is 32.2. The molecule has 1 aliphatic rings. The molecule has 0 aliphatic carbocycles. The van der Waals surface area contributed by atoms with Crippen LogP contribution in [0.25, 0.3) is 6.08 Å². The van der Waals surface area contributed by atoms with E-state index < -0.39 is 11.9 Å². The summed E-state index contributed by atoms with van der Waals surface area (Å²) >= 11 is 1.92. The molecule has 1 aromatic rings. The van der Waals surface area contributed by atoms with Gasteiger partial charge in [0, 0.05) is 0 Å². The lowest BCUT2D eigenvalue weighted by atomic mass is 10.00. The lowest BCUT2D eigenvalue weighted by Gasteiger charge is -2.06. The summed E-state index contributed by atoms with van der Waals surface area (Å²) in [4.78, 5) is 12.3. The number of carbonyl (C=O) groups is 1. The van der Waals surface area contributed by atoms with Gasteiger partial charge in [-0.25, -0.2) is 0 Å². The quantitative estimate of drug-likeness (QED) is 0.885. The summed E-state index contributed by atoms with van der Waals surface area (Å²) < 4.78 is 0. The molecule has 0 radical (unpaired) electrons. The van der Waals surface area contributed by atoms with Gasteiger partial charge < -0.3 is 5.11 Å². The number of carboxylic acids is 1. The predicted molar refractivity (Wildman–Crippen MR) is 72.2 cm³/mol. The van der Waals surface area contributed by atoms with Crippen molar-refractivity contribution in [3.05, 3.63) is 40.3 Å². The molecule has 1 atom stereocenters. The highest BCUT2D eigenvalue weighted by Gasteiger charge is 2.13. The second-order valence-electron chi connectivity index (χ2n) is 4.29. The Balaban J connectivity index is 2.12. The monoisotopic (exact) mass is 248 g/mol. The molecule has 1 aliphatic heterocycles. The molecule has 0 bridgehead atoms. The first-order valence-corrected chi connectivity index (χ1v) is 6.81. The number of rotatable bonds is 3. The van der Waals surface area contributed by atoms with Gasteiger partial charge in [0.05, 0.1) is 5.92 Å². The molecular weight excluding hydrogens is 232 g/mol. The highest BCUT2D eigenvalue weighted by molar-refractivity contribution is 8.03. The summed E-state index contributed by atoms with van der Waals surface area (Å²) in [5, 5.41) is 8.92. The van der Waals surface area contributed by atoms with E-state index >= 15 is 0 Å². The average Bonchev–Trinajstić information content (AvgIpc) is 2.82. The van der Waals surface area contributed by atoms with E-state index in [1.807, 2.05) is 36.0 Å².